The minimum Gasteiger partial charge on any atom is -0.460 e. The van der Waals surface area contributed by atoms with Gasteiger partial charge < -0.3 is 78.5 Å². The highest BCUT2D eigenvalue weighted by molar-refractivity contribution is 6.39. The topological polar surface area (TPSA) is 304 Å². The van der Waals surface area contributed by atoms with Crippen molar-refractivity contribution in [1.29, 1.82) is 0 Å². The van der Waals surface area contributed by atoms with Crippen molar-refractivity contribution in [3.05, 3.63) is 47.6 Å². The first-order chi connectivity index (χ1) is 39.0. The number of carbonyl (C=O) groups is 5. The SMILES string of the molecule is CO[C@@H]1C[C@H](C[C@@H](C)[C@@H]2CC(=O)[C@H](C)/C=C(\C)[C@@H](O)[C@@H](OC)C(=O)[C@H](C)C[C@H](C)/C=C/C=C/C=C(\C)[C@@H](OCCOC[C@@H]3O[C@H](CO)[C@@H](O)[C@H](O)[C@H]3O)C[C@@H]3CC[C@@H](C)[C@@](O)(O3)C(=O)C(=O)N3CCCC[C@H]3C(=O)O2)CC[C@H]1OCCO. The first-order valence-corrected chi connectivity index (χ1v) is 29.7. The summed E-state index contributed by atoms with van der Waals surface area (Å²) in [4.78, 5) is 73.1. The van der Waals surface area contributed by atoms with E-state index in [9.17, 15) is 59.7 Å². The number of cyclic esters (lactones) is 1. The molecule has 3 saturated heterocycles. The molecule has 466 valence electrons. The number of aliphatic hydroxyl groups is 7. The molecule has 4 aliphatic heterocycles. The third kappa shape index (κ3) is 18.7. The van der Waals surface area contributed by atoms with Crippen LogP contribution < -0.4 is 0 Å². The Balaban J connectivity index is 1.44. The number of allylic oxidation sites excluding steroid dienone is 6. The Bertz CT molecular complexity index is 2180. The summed E-state index contributed by atoms with van der Waals surface area (Å²) < 4.78 is 47.6. The van der Waals surface area contributed by atoms with Crippen molar-refractivity contribution in [2.24, 2.45) is 35.5 Å². The lowest BCUT2D eigenvalue weighted by Gasteiger charge is -2.43. The predicted octanol–water partition coefficient (Wildman–Crippen LogP) is 3.43. The third-order valence-electron chi connectivity index (χ3n) is 17.4. The lowest BCUT2D eigenvalue weighted by molar-refractivity contribution is -0.266. The number of carbonyl (C=O) groups excluding carboxylic acids is 5. The van der Waals surface area contributed by atoms with Crippen LogP contribution in [0.1, 0.15) is 126 Å². The molecule has 0 unspecified atom stereocenters. The molecule has 21 heteroatoms. The molecule has 82 heavy (non-hydrogen) atoms. The largest absolute Gasteiger partial charge is 0.460 e. The summed E-state index contributed by atoms with van der Waals surface area (Å²) in [5.41, 5.74) is 1.08. The predicted molar refractivity (Wildman–Crippen MR) is 299 cm³/mol. The second-order valence-electron chi connectivity index (χ2n) is 23.7. The van der Waals surface area contributed by atoms with Crippen molar-refractivity contribution in [1.82, 2.24) is 4.90 Å². The first kappa shape index (κ1) is 69.1. The van der Waals surface area contributed by atoms with Crippen molar-refractivity contribution in [3.63, 3.8) is 0 Å². The van der Waals surface area contributed by atoms with Crippen molar-refractivity contribution in [2.45, 2.75) is 211 Å². The maximum atomic E-state index is 14.6. The number of esters is 1. The van der Waals surface area contributed by atoms with E-state index in [0.717, 1.165) is 16.9 Å². The number of rotatable bonds is 15. The Morgan fingerprint density at radius 1 is 0.780 bits per heavy atom. The zero-order valence-corrected chi connectivity index (χ0v) is 49.8. The van der Waals surface area contributed by atoms with Gasteiger partial charge in [0, 0.05) is 51.4 Å². The molecule has 21 nitrogen and oxygen atoms in total. The van der Waals surface area contributed by atoms with Gasteiger partial charge in [0.2, 0.25) is 5.79 Å². The molecule has 20 atom stereocenters. The summed E-state index contributed by atoms with van der Waals surface area (Å²) in [5, 5.41) is 73.8. The van der Waals surface area contributed by atoms with E-state index in [1.54, 1.807) is 47.0 Å². The number of Topliss-reactive ketones (excluding diaryl/α,β-unsaturated/α-hetero) is 3. The van der Waals surface area contributed by atoms with Gasteiger partial charge in [-0.15, -0.1) is 0 Å². The Hall–Kier alpha value is -3.65. The van der Waals surface area contributed by atoms with Gasteiger partial charge in [0.25, 0.3) is 11.7 Å². The van der Waals surface area contributed by atoms with E-state index in [1.807, 2.05) is 45.1 Å². The summed E-state index contributed by atoms with van der Waals surface area (Å²) in [7, 11) is 2.97. The van der Waals surface area contributed by atoms with Gasteiger partial charge in [0.1, 0.15) is 60.7 Å². The zero-order chi connectivity index (χ0) is 60.4. The van der Waals surface area contributed by atoms with Crippen LogP contribution in [0, 0.1) is 35.5 Å². The van der Waals surface area contributed by atoms with Crippen LogP contribution in [0.3, 0.4) is 0 Å². The van der Waals surface area contributed by atoms with Gasteiger partial charge >= 0.3 is 5.97 Å². The van der Waals surface area contributed by atoms with Crippen LogP contribution in [0.4, 0.5) is 0 Å². The maximum Gasteiger partial charge on any atom is 0.329 e. The van der Waals surface area contributed by atoms with Gasteiger partial charge in [-0.25, -0.2) is 4.79 Å². The zero-order valence-electron chi connectivity index (χ0n) is 49.8. The van der Waals surface area contributed by atoms with Crippen molar-refractivity contribution >= 4 is 29.2 Å². The molecular weight excluding hydrogens is 1070 g/mol. The summed E-state index contributed by atoms with van der Waals surface area (Å²) in [6.07, 6.45) is 3.43. The van der Waals surface area contributed by atoms with Crippen molar-refractivity contribution in [3.8, 4) is 0 Å². The second-order valence-corrected chi connectivity index (χ2v) is 23.7. The van der Waals surface area contributed by atoms with E-state index in [4.69, 9.17) is 37.9 Å². The summed E-state index contributed by atoms with van der Waals surface area (Å²) in [6, 6.07) is -1.22. The average molecular weight is 1160 g/mol. The third-order valence-corrected chi connectivity index (χ3v) is 17.4. The van der Waals surface area contributed by atoms with Crippen LogP contribution in [0.25, 0.3) is 0 Å². The normalized spacial score (nSPS) is 40.2. The molecule has 5 aliphatic rings. The Labute approximate surface area is 484 Å². The van der Waals surface area contributed by atoms with Crippen LogP contribution in [0.2, 0.25) is 0 Å². The Morgan fingerprint density at radius 3 is 2.21 bits per heavy atom. The monoisotopic (exact) mass is 1160 g/mol. The number of ether oxygens (including phenoxy) is 8. The molecule has 0 spiro atoms. The standard InChI is InChI=1S/C61H97NO20/c1-35-15-11-10-12-16-36(2)47(79-26-25-77-34-51-55(69)56(70)54(68)50(33-64)80-51)31-43-20-18-41(7)61(74,82-43)58(71)59(72)62-22-14-13-17-44(62)60(73)81-48(38(4)29-42-19-21-46(78-24-23-63)49(30-42)75-8)32-45(65)37(3)28-40(6)53(67)57(76-9)52(66)39(5)27-35/h10-12,15-16,28,35,37-39,41-44,46-51,53-57,63-64,67-70,74H,13-14,17-27,29-34H2,1-9H3/b12-10+,15-11+,36-16+,40-28+/t35-,37-,38-,39-,41-,42+,43+,44+,46-,47+,48+,49-,50-,51+,53-,54-,55+,56+,57+,61-/m1/s1. The van der Waals surface area contributed by atoms with Gasteiger partial charge in [-0.2, -0.15) is 0 Å². The summed E-state index contributed by atoms with van der Waals surface area (Å²) in [6.45, 7) is 11.7. The number of fused-ring (bicyclic) bond motifs is 3. The maximum absolute atomic E-state index is 14.6. The molecule has 0 aromatic heterocycles. The fourth-order valence-corrected chi connectivity index (χ4v) is 12.2. The lowest BCUT2D eigenvalue weighted by Crippen LogP contribution is -2.61. The number of nitrogens with zero attached hydrogens (tertiary/aromatic N) is 1. The van der Waals surface area contributed by atoms with Gasteiger partial charge in [-0.3, -0.25) is 19.2 Å². The number of aliphatic hydroxyl groups excluding tert-OH is 6. The van der Waals surface area contributed by atoms with Crippen LogP contribution in [-0.2, 0) is 61.9 Å². The van der Waals surface area contributed by atoms with Crippen molar-refractivity contribution in [2.75, 3.05) is 60.4 Å². The molecule has 1 saturated carbocycles. The highest BCUT2D eigenvalue weighted by atomic mass is 16.6. The van der Waals surface area contributed by atoms with E-state index in [-0.39, 0.29) is 100 Å². The molecule has 4 heterocycles. The van der Waals surface area contributed by atoms with Crippen molar-refractivity contribution < 1.29 is 97.6 Å². The molecule has 5 rings (SSSR count). The second kappa shape index (κ2) is 33.3. The van der Waals surface area contributed by atoms with E-state index in [1.165, 1.54) is 7.11 Å². The van der Waals surface area contributed by atoms with E-state index in [0.29, 0.717) is 56.9 Å². The molecule has 4 fully saturated rings. The average Bonchev–Trinajstić information content (AvgIpc) is 3.46. The van der Waals surface area contributed by atoms with Crippen LogP contribution in [0.15, 0.2) is 47.6 Å². The quantitative estimate of drug-likeness (QED) is 0.0535. The first-order valence-electron chi connectivity index (χ1n) is 29.7. The molecule has 0 aromatic rings. The number of methoxy groups -OCH3 is 2. The molecule has 1 aliphatic carbocycles. The highest BCUT2D eigenvalue weighted by Gasteiger charge is 2.53. The van der Waals surface area contributed by atoms with E-state index < -0.39 is 115 Å². The van der Waals surface area contributed by atoms with Gasteiger partial charge in [0.15, 0.2) is 5.78 Å². The molecule has 7 N–H and O–H groups in total. The number of piperidine rings is 1. The number of ketones is 3. The number of hydrogen-bond acceptors (Lipinski definition) is 20. The Kier molecular flexibility index (Phi) is 28.1. The van der Waals surface area contributed by atoms with Gasteiger partial charge in [-0.05, 0) is 107 Å². The molecular formula is C61H97NO20. The molecule has 1 amide bonds. The van der Waals surface area contributed by atoms with Crippen LogP contribution in [0.5, 0.6) is 0 Å². The van der Waals surface area contributed by atoms with E-state index >= 15 is 0 Å². The minimum atomic E-state index is -2.57. The molecule has 0 radical (unpaired) electrons. The fourth-order valence-electron chi connectivity index (χ4n) is 12.2. The number of hydrogen-bond donors (Lipinski definition) is 7. The van der Waals surface area contributed by atoms with Gasteiger partial charge in [0.05, 0.1) is 64.1 Å². The van der Waals surface area contributed by atoms with E-state index in [2.05, 4.69) is 0 Å². The minimum absolute atomic E-state index is 0.00301. The van der Waals surface area contributed by atoms with Crippen LogP contribution in [-0.4, -0.2) is 215 Å². The lowest BCUT2D eigenvalue weighted by atomic mass is 9.78. The molecule has 0 aromatic carbocycles. The highest BCUT2D eigenvalue weighted by Crippen LogP contribution is 2.38. The Morgan fingerprint density at radius 2 is 1.51 bits per heavy atom. The summed E-state index contributed by atoms with van der Waals surface area (Å²) >= 11 is 0. The van der Waals surface area contributed by atoms with Crippen LogP contribution >= 0.6 is 0 Å². The smallest absolute Gasteiger partial charge is 0.329 e. The number of amides is 1. The van der Waals surface area contributed by atoms with Gasteiger partial charge in [-0.1, -0.05) is 71.1 Å². The summed E-state index contributed by atoms with van der Waals surface area (Å²) in [5.74, 6) is -8.79. The molecule has 2 bridgehead atoms. The fraction of sp³-hybridized carbons (Fsp3) is 0.787.